The Balaban J connectivity index is 1.81. The number of hydrogen-bond acceptors (Lipinski definition) is 4. The molecule has 1 aliphatic heterocycles. The zero-order valence-electron chi connectivity index (χ0n) is 12.5. The van der Waals surface area contributed by atoms with Gasteiger partial charge in [-0.3, -0.25) is 4.99 Å². The van der Waals surface area contributed by atoms with E-state index in [9.17, 15) is 0 Å². The number of hydrogen-bond donors (Lipinski definition) is 2. The minimum atomic E-state index is 0.0490. The van der Waals surface area contributed by atoms with Crippen LogP contribution in [0.15, 0.2) is 53.5 Å². The van der Waals surface area contributed by atoms with Gasteiger partial charge in [0.2, 0.25) is 0 Å². The van der Waals surface area contributed by atoms with E-state index in [1.54, 1.807) is 0 Å². The average Bonchev–Trinajstić information content (AvgIpc) is 2.55. The molecule has 1 heterocycles. The van der Waals surface area contributed by atoms with Crippen LogP contribution in [0.25, 0.3) is 0 Å². The van der Waals surface area contributed by atoms with E-state index in [0.717, 1.165) is 29.7 Å². The SMILES string of the molecule is NCCCOc1cccc(C2Cc3ccccc3C(N)=N2)c1. The fourth-order valence-corrected chi connectivity index (χ4v) is 2.72. The molecular formula is C18H21N3O. The Hall–Kier alpha value is -2.33. The topological polar surface area (TPSA) is 73.6 Å². The molecule has 1 unspecified atom stereocenters. The average molecular weight is 295 g/mol. The number of amidine groups is 1. The second kappa shape index (κ2) is 6.62. The van der Waals surface area contributed by atoms with Crippen molar-refractivity contribution in [1.82, 2.24) is 0 Å². The van der Waals surface area contributed by atoms with E-state index in [1.807, 2.05) is 36.4 Å². The lowest BCUT2D eigenvalue weighted by Crippen LogP contribution is -2.22. The molecule has 114 valence electrons. The molecule has 4 N–H and O–H groups in total. The first kappa shape index (κ1) is 14.6. The first-order valence-corrected chi connectivity index (χ1v) is 7.62. The Morgan fingerprint density at radius 1 is 1.14 bits per heavy atom. The number of rotatable bonds is 5. The first-order chi connectivity index (χ1) is 10.8. The van der Waals surface area contributed by atoms with Gasteiger partial charge in [0.05, 0.1) is 12.6 Å². The van der Waals surface area contributed by atoms with Crippen molar-refractivity contribution in [1.29, 1.82) is 0 Å². The number of aliphatic imine (C=N–C) groups is 1. The van der Waals surface area contributed by atoms with Gasteiger partial charge in [0.25, 0.3) is 0 Å². The van der Waals surface area contributed by atoms with Crippen molar-refractivity contribution in [2.75, 3.05) is 13.2 Å². The summed E-state index contributed by atoms with van der Waals surface area (Å²) >= 11 is 0. The van der Waals surface area contributed by atoms with E-state index in [2.05, 4.69) is 17.1 Å². The van der Waals surface area contributed by atoms with Crippen LogP contribution in [0.3, 0.4) is 0 Å². The summed E-state index contributed by atoms with van der Waals surface area (Å²) in [6.45, 7) is 1.28. The molecule has 2 aromatic carbocycles. The lowest BCUT2D eigenvalue weighted by Gasteiger charge is -2.22. The second-order valence-electron chi connectivity index (χ2n) is 5.45. The van der Waals surface area contributed by atoms with Gasteiger partial charge in [-0.05, 0) is 42.6 Å². The maximum atomic E-state index is 6.12. The zero-order valence-corrected chi connectivity index (χ0v) is 12.5. The molecule has 1 atom stereocenters. The summed E-state index contributed by atoms with van der Waals surface area (Å²) in [5.41, 5.74) is 15.0. The van der Waals surface area contributed by atoms with Gasteiger partial charge in [0.15, 0.2) is 0 Å². The van der Waals surface area contributed by atoms with Crippen molar-refractivity contribution in [3.63, 3.8) is 0 Å². The van der Waals surface area contributed by atoms with Gasteiger partial charge in [0, 0.05) is 5.56 Å². The molecule has 0 aliphatic carbocycles. The molecule has 0 saturated heterocycles. The largest absolute Gasteiger partial charge is 0.494 e. The van der Waals surface area contributed by atoms with Crippen LogP contribution >= 0.6 is 0 Å². The summed E-state index contributed by atoms with van der Waals surface area (Å²) in [6.07, 6.45) is 1.72. The molecule has 0 fully saturated rings. The third-order valence-electron chi connectivity index (χ3n) is 3.86. The highest BCUT2D eigenvalue weighted by molar-refractivity contribution is 5.99. The van der Waals surface area contributed by atoms with Gasteiger partial charge in [-0.25, -0.2) is 0 Å². The predicted molar refractivity (Wildman–Crippen MR) is 89.2 cm³/mol. The third-order valence-corrected chi connectivity index (χ3v) is 3.86. The van der Waals surface area contributed by atoms with E-state index in [0.29, 0.717) is 19.0 Å². The minimum absolute atomic E-state index is 0.0490. The van der Waals surface area contributed by atoms with Crippen LogP contribution in [0.2, 0.25) is 0 Å². The number of benzene rings is 2. The third kappa shape index (κ3) is 3.12. The summed E-state index contributed by atoms with van der Waals surface area (Å²) < 4.78 is 5.71. The van der Waals surface area contributed by atoms with Crippen LogP contribution in [0.4, 0.5) is 0 Å². The van der Waals surface area contributed by atoms with Gasteiger partial charge in [-0.2, -0.15) is 0 Å². The molecule has 1 aliphatic rings. The minimum Gasteiger partial charge on any atom is -0.494 e. The van der Waals surface area contributed by atoms with E-state index in [1.165, 1.54) is 5.56 Å². The van der Waals surface area contributed by atoms with Crippen LogP contribution in [0, 0.1) is 0 Å². The van der Waals surface area contributed by atoms with E-state index in [-0.39, 0.29) is 6.04 Å². The summed E-state index contributed by atoms with van der Waals surface area (Å²) in [4.78, 5) is 4.65. The summed E-state index contributed by atoms with van der Waals surface area (Å²) in [5, 5.41) is 0. The van der Waals surface area contributed by atoms with Gasteiger partial charge in [-0.15, -0.1) is 0 Å². The van der Waals surface area contributed by atoms with Gasteiger partial charge in [-0.1, -0.05) is 36.4 Å². The maximum Gasteiger partial charge on any atom is 0.126 e. The summed E-state index contributed by atoms with van der Waals surface area (Å²) in [5.74, 6) is 1.47. The highest BCUT2D eigenvalue weighted by Gasteiger charge is 2.20. The quantitative estimate of drug-likeness (QED) is 0.832. The Labute approximate surface area is 130 Å². The van der Waals surface area contributed by atoms with Crippen molar-refractivity contribution in [2.45, 2.75) is 18.9 Å². The lowest BCUT2D eigenvalue weighted by molar-refractivity contribution is 0.313. The molecule has 4 heteroatoms. The smallest absolute Gasteiger partial charge is 0.126 e. The Kier molecular flexibility index (Phi) is 4.39. The maximum absolute atomic E-state index is 6.12. The molecule has 3 rings (SSSR count). The van der Waals surface area contributed by atoms with Crippen molar-refractivity contribution in [3.05, 3.63) is 65.2 Å². The summed E-state index contributed by atoms with van der Waals surface area (Å²) in [6, 6.07) is 16.3. The number of nitrogens with zero attached hydrogens (tertiary/aromatic N) is 1. The fraction of sp³-hybridized carbons (Fsp3) is 0.278. The number of ether oxygens (including phenoxy) is 1. The molecule has 2 aromatic rings. The Bertz CT molecular complexity index is 682. The fourth-order valence-electron chi connectivity index (χ4n) is 2.72. The monoisotopic (exact) mass is 295 g/mol. The normalized spacial score (nSPS) is 16.8. The molecule has 0 saturated carbocycles. The van der Waals surface area contributed by atoms with E-state index >= 15 is 0 Å². The molecule has 0 bridgehead atoms. The second-order valence-corrected chi connectivity index (χ2v) is 5.45. The zero-order chi connectivity index (χ0) is 15.4. The van der Waals surface area contributed by atoms with Crippen molar-refractivity contribution in [3.8, 4) is 5.75 Å². The number of fused-ring (bicyclic) bond motifs is 1. The van der Waals surface area contributed by atoms with Crippen LogP contribution in [-0.2, 0) is 6.42 Å². The molecule has 0 aromatic heterocycles. The van der Waals surface area contributed by atoms with Crippen LogP contribution in [-0.4, -0.2) is 19.0 Å². The van der Waals surface area contributed by atoms with Crippen LogP contribution in [0.5, 0.6) is 5.75 Å². The Morgan fingerprint density at radius 2 is 2.00 bits per heavy atom. The van der Waals surface area contributed by atoms with Crippen molar-refractivity contribution < 1.29 is 4.74 Å². The van der Waals surface area contributed by atoms with Gasteiger partial charge < -0.3 is 16.2 Å². The summed E-state index contributed by atoms with van der Waals surface area (Å²) in [7, 11) is 0. The highest BCUT2D eigenvalue weighted by atomic mass is 16.5. The predicted octanol–water partition coefficient (Wildman–Crippen LogP) is 2.42. The molecule has 22 heavy (non-hydrogen) atoms. The number of nitrogens with two attached hydrogens (primary N) is 2. The molecular weight excluding hydrogens is 274 g/mol. The lowest BCUT2D eigenvalue weighted by atomic mass is 9.92. The van der Waals surface area contributed by atoms with Crippen molar-refractivity contribution >= 4 is 5.84 Å². The molecule has 0 radical (unpaired) electrons. The molecule has 0 spiro atoms. The van der Waals surface area contributed by atoms with E-state index < -0.39 is 0 Å². The first-order valence-electron chi connectivity index (χ1n) is 7.62. The standard InChI is InChI=1S/C18H21N3O/c19-9-4-10-22-15-7-3-6-14(11-15)17-12-13-5-1-2-8-16(13)18(20)21-17/h1-3,5-8,11,17H,4,9-10,12,19H2,(H2,20,21). The van der Waals surface area contributed by atoms with Crippen LogP contribution < -0.4 is 16.2 Å². The molecule has 0 amide bonds. The molecule has 4 nitrogen and oxygen atoms in total. The Morgan fingerprint density at radius 3 is 2.86 bits per heavy atom. The van der Waals surface area contributed by atoms with Crippen LogP contribution in [0.1, 0.15) is 29.2 Å². The van der Waals surface area contributed by atoms with Gasteiger partial charge >= 0.3 is 0 Å². The van der Waals surface area contributed by atoms with Gasteiger partial charge in [0.1, 0.15) is 11.6 Å². The van der Waals surface area contributed by atoms with E-state index in [4.69, 9.17) is 16.2 Å². The highest BCUT2D eigenvalue weighted by Crippen LogP contribution is 2.30. The van der Waals surface area contributed by atoms with Crippen molar-refractivity contribution in [2.24, 2.45) is 16.5 Å².